The van der Waals surface area contributed by atoms with Gasteiger partial charge in [0.15, 0.2) is 0 Å². The third kappa shape index (κ3) is 11.2. The number of ether oxygens (including phenoxy) is 2. The largest absolute Gasteiger partial charge is 0.468 e. The van der Waals surface area contributed by atoms with Crippen LogP contribution in [-0.2, 0) is 28.6 Å². The second-order valence-electron chi connectivity index (χ2n) is 11.7. The normalized spacial score (nSPS) is 12.0. The predicted octanol–water partition coefficient (Wildman–Crippen LogP) is 5.57. The van der Waals surface area contributed by atoms with Crippen molar-refractivity contribution in [3.8, 4) is 0 Å². The van der Waals surface area contributed by atoms with E-state index in [1.807, 2.05) is 54.6 Å². The second-order valence-corrected chi connectivity index (χ2v) is 13.0. The van der Waals surface area contributed by atoms with Gasteiger partial charge in [0.1, 0.15) is 18.2 Å². The van der Waals surface area contributed by atoms with Crippen molar-refractivity contribution in [2.24, 2.45) is 0 Å². The summed E-state index contributed by atoms with van der Waals surface area (Å²) in [5.74, 6) is -0.865. The van der Waals surface area contributed by atoms with Crippen LogP contribution < -0.4 is 16.0 Å². The average molecular weight is 648 g/mol. The first kappa shape index (κ1) is 36.2. The van der Waals surface area contributed by atoms with Crippen molar-refractivity contribution in [3.63, 3.8) is 0 Å². The van der Waals surface area contributed by atoms with Crippen molar-refractivity contribution < 1.29 is 28.7 Å². The minimum absolute atomic E-state index is 0.167. The van der Waals surface area contributed by atoms with Crippen molar-refractivity contribution in [1.29, 1.82) is 0 Å². The molecule has 3 aromatic rings. The van der Waals surface area contributed by atoms with E-state index in [1.54, 1.807) is 32.5 Å². The van der Waals surface area contributed by atoms with E-state index >= 15 is 0 Å². The van der Waals surface area contributed by atoms with Crippen LogP contribution in [-0.4, -0.2) is 61.5 Å². The third-order valence-corrected chi connectivity index (χ3v) is 8.61. The molecule has 9 nitrogen and oxygen atoms in total. The van der Waals surface area contributed by atoms with Gasteiger partial charge in [-0.3, -0.25) is 14.4 Å². The van der Waals surface area contributed by atoms with Gasteiger partial charge in [0.05, 0.1) is 11.9 Å². The monoisotopic (exact) mass is 647 g/mol. The maximum atomic E-state index is 13.3. The lowest BCUT2D eigenvalue weighted by atomic mass is 9.84. The summed E-state index contributed by atoms with van der Waals surface area (Å²) in [5, 5.41) is 8.11. The van der Waals surface area contributed by atoms with Crippen molar-refractivity contribution in [3.05, 3.63) is 108 Å². The number of carbonyl (C=O) groups excluding carboxylic acids is 4. The highest BCUT2D eigenvalue weighted by molar-refractivity contribution is 8.00. The SMILES string of the molecule is COC(=O)CNC(=O)[C@@H](CCCCNC(=O)OC(C)(C)C)NC(=O)CCSC(c1ccccc1)(c1ccccc1)c1ccccc1. The molecule has 246 valence electrons. The summed E-state index contributed by atoms with van der Waals surface area (Å²) in [6, 6.07) is 29.8. The highest BCUT2D eigenvalue weighted by Crippen LogP contribution is 2.48. The number of nitrogens with one attached hydrogen (secondary N) is 3. The first-order valence-corrected chi connectivity index (χ1v) is 16.4. The Morgan fingerprint density at radius 1 is 0.761 bits per heavy atom. The van der Waals surface area contributed by atoms with Gasteiger partial charge in [0, 0.05) is 18.7 Å². The van der Waals surface area contributed by atoms with Crippen LogP contribution >= 0.6 is 11.8 Å². The van der Waals surface area contributed by atoms with E-state index in [0.29, 0.717) is 31.6 Å². The Balaban J connectivity index is 1.69. The standard InChI is InChI=1S/C36H45N3O6S/c1-35(2,3)45-34(43)37-24-15-14-22-30(33(42)38-26-32(41)44-4)39-31(40)23-25-46-36(27-16-8-5-9-17-27,28-18-10-6-11-19-28)29-20-12-7-13-21-29/h5-13,16-21,30H,14-15,22-26H2,1-4H3,(H,37,43)(H,38,42)(H,39,40)/t30-/m1/s1. The molecule has 0 aliphatic heterocycles. The Kier molecular flexibility index (Phi) is 14.1. The molecule has 0 spiro atoms. The Hall–Kier alpha value is -4.31. The van der Waals surface area contributed by atoms with E-state index in [0.717, 1.165) is 16.7 Å². The van der Waals surface area contributed by atoms with Gasteiger partial charge < -0.3 is 25.4 Å². The lowest BCUT2D eigenvalue weighted by molar-refractivity contribution is -0.141. The van der Waals surface area contributed by atoms with Crippen molar-refractivity contribution in [1.82, 2.24) is 16.0 Å². The molecular weight excluding hydrogens is 602 g/mol. The fourth-order valence-corrected chi connectivity index (χ4v) is 6.44. The van der Waals surface area contributed by atoms with E-state index in [9.17, 15) is 19.2 Å². The van der Waals surface area contributed by atoms with Gasteiger partial charge >= 0.3 is 12.1 Å². The van der Waals surface area contributed by atoms with Crippen LogP contribution in [0, 0.1) is 0 Å². The topological polar surface area (TPSA) is 123 Å². The minimum atomic E-state index is -0.856. The molecule has 0 fully saturated rings. The number of hydrogen-bond acceptors (Lipinski definition) is 7. The van der Waals surface area contributed by atoms with E-state index in [4.69, 9.17) is 4.74 Å². The van der Waals surface area contributed by atoms with Crippen LogP contribution in [0.3, 0.4) is 0 Å². The quantitative estimate of drug-likeness (QED) is 0.106. The third-order valence-electron chi connectivity index (χ3n) is 7.06. The van der Waals surface area contributed by atoms with E-state index in [2.05, 4.69) is 57.1 Å². The summed E-state index contributed by atoms with van der Waals surface area (Å²) in [5.41, 5.74) is 2.69. The number of esters is 1. The summed E-state index contributed by atoms with van der Waals surface area (Å²) in [4.78, 5) is 49.8. The van der Waals surface area contributed by atoms with E-state index < -0.39 is 34.4 Å². The van der Waals surface area contributed by atoms with Crippen molar-refractivity contribution >= 4 is 35.6 Å². The van der Waals surface area contributed by atoms with Crippen molar-refractivity contribution in [2.45, 2.75) is 62.8 Å². The zero-order valence-electron chi connectivity index (χ0n) is 27.0. The van der Waals surface area contributed by atoms with Crippen molar-refractivity contribution in [2.75, 3.05) is 26.0 Å². The zero-order chi connectivity index (χ0) is 33.4. The molecule has 0 heterocycles. The molecule has 0 saturated carbocycles. The van der Waals surface area contributed by atoms with Gasteiger partial charge in [-0.05, 0) is 56.7 Å². The Labute approximate surface area is 276 Å². The molecule has 0 unspecified atom stereocenters. The Morgan fingerprint density at radius 3 is 1.76 bits per heavy atom. The molecule has 46 heavy (non-hydrogen) atoms. The maximum Gasteiger partial charge on any atom is 0.407 e. The van der Waals surface area contributed by atoms with Gasteiger partial charge in [0.25, 0.3) is 0 Å². The molecule has 0 bridgehead atoms. The average Bonchev–Trinajstić information content (AvgIpc) is 3.05. The number of hydrogen-bond donors (Lipinski definition) is 3. The molecule has 0 aliphatic carbocycles. The molecule has 1 atom stereocenters. The number of methoxy groups -OCH3 is 1. The minimum Gasteiger partial charge on any atom is -0.468 e. The summed E-state index contributed by atoms with van der Waals surface area (Å²) < 4.78 is 9.31. The molecule has 3 rings (SSSR count). The van der Waals surface area contributed by atoms with Gasteiger partial charge in [-0.15, -0.1) is 11.8 Å². The molecule has 10 heteroatoms. The highest BCUT2D eigenvalue weighted by atomic mass is 32.2. The first-order valence-electron chi connectivity index (χ1n) is 15.5. The maximum absolute atomic E-state index is 13.3. The molecule has 3 N–H and O–H groups in total. The molecule has 0 radical (unpaired) electrons. The Bertz CT molecular complexity index is 1300. The smallest absolute Gasteiger partial charge is 0.407 e. The van der Waals surface area contributed by atoms with Crippen LogP contribution in [0.5, 0.6) is 0 Å². The second kappa shape index (κ2) is 18.0. The summed E-state index contributed by atoms with van der Waals surface area (Å²) in [6.45, 7) is 5.42. The zero-order valence-corrected chi connectivity index (χ0v) is 27.9. The molecule has 0 aromatic heterocycles. The van der Waals surface area contributed by atoms with Crippen LogP contribution in [0.1, 0.15) is 63.1 Å². The molecular formula is C36H45N3O6S. The summed E-state index contributed by atoms with van der Waals surface area (Å²) >= 11 is 1.67. The number of thioether (sulfide) groups is 1. The molecule has 3 amide bonds. The van der Waals surface area contributed by atoms with E-state index in [-0.39, 0.29) is 18.9 Å². The fraction of sp³-hybridized carbons (Fsp3) is 0.389. The van der Waals surface area contributed by atoms with Gasteiger partial charge in [-0.1, -0.05) is 91.0 Å². The van der Waals surface area contributed by atoms with Crippen LogP contribution in [0.4, 0.5) is 4.79 Å². The fourth-order valence-electron chi connectivity index (χ4n) is 4.93. The number of alkyl carbamates (subject to hydrolysis) is 1. The molecule has 3 aromatic carbocycles. The van der Waals surface area contributed by atoms with Crippen LogP contribution in [0.25, 0.3) is 0 Å². The van der Waals surface area contributed by atoms with Crippen LogP contribution in [0.2, 0.25) is 0 Å². The number of unbranched alkanes of at least 4 members (excludes halogenated alkanes) is 1. The van der Waals surface area contributed by atoms with Gasteiger partial charge in [-0.25, -0.2) is 4.79 Å². The highest BCUT2D eigenvalue weighted by Gasteiger charge is 2.37. The van der Waals surface area contributed by atoms with E-state index in [1.165, 1.54) is 7.11 Å². The lowest BCUT2D eigenvalue weighted by Gasteiger charge is -2.35. The Morgan fingerprint density at radius 2 is 1.28 bits per heavy atom. The predicted molar refractivity (Wildman–Crippen MR) is 181 cm³/mol. The van der Waals surface area contributed by atoms with Gasteiger partial charge in [0.2, 0.25) is 11.8 Å². The first-order chi connectivity index (χ1) is 22.0. The number of amides is 3. The lowest BCUT2D eigenvalue weighted by Crippen LogP contribution is -2.48. The summed E-state index contributed by atoms with van der Waals surface area (Å²) in [6.07, 6.45) is 1.09. The van der Waals surface area contributed by atoms with Gasteiger partial charge in [-0.2, -0.15) is 0 Å². The number of carbonyl (C=O) groups is 4. The molecule has 0 saturated heterocycles. The molecule has 0 aliphatic rings. The number of benzene rings is 3. The number of rotatable bonds is 16. The van der Waals surface area contributed by atoms with Crippen LogP contribution in [0.15, 0.2) is 91.0 Å². The summed E-state index contributed by atoms with van der Waals surface area (Å²) in [7, 11) is 1.24.